The van der Waals surface area contributed by atoms with Gasteiger partial charge in [0.1, 0.15) is 0 Å². The quantitative estimate of drug-likeness (QED) is 0.183. The van der Waals surface area contributed by atoms with Crippen molar-refractivity contribution >= 4 is 17.1 Å². The fraction of sp³-hybridized carbons (Fsp3) is 0.125. The Kier molecular flexibility index (Phi) is 6.58. The summed E-state index contributed by atoms with van der Waals surface area (Å²) in [7, 11) is 0. The number of para-hydroxylation sites is 1. The summed E-state index contributed by atoms with van der Waals surface area (Å²) < 4.78 is 0. The van der Waals surface area contributed by atoms with Crippen LogP contribution in [-0.4, -0.2) is 0 Å². The number of nitrogens with zero attached hydrogens (tertiary/aromatic N) is 1. The van der Waals surface area contributed by atoms with Gasteiger partial charge < -0.3 is 4.90 Å². The third-order valence-electron chi connectivity index (χ3n) is 11.1. The topological polar surface area (TPSA) is 3.24 Å². The first-order chi connectivity index (χ1) is 23.8. The maximum atomic E-state index is 2.42. The highest BCUT2D eigenvalue weighted by molar-refractivity contribution is 5.94. The number of hydrogen-bond donors (Lipinski definition) is 0. The monoisotopic (exact) mass is 629 g/mol. The number of benzene rings is 7. The average Bonchev–Trinajstić information content (AvgIpc) is 3.52. The minimum absolute atomic E-state index is 0.0557. The Morgan fingerprint density at radius 2 is 0.878 bits per heavy atom. The Hall–Kier alpha value is -5.66. The van der Waals surface area contributed by atoms with Gasteiger partial charge in [0, 0.05) is 27.9 Å². The van der Waals surface area contributed by atoms with Gasteiger partial charge in [-0.3, -0.25) is 0 Å². The molecule has 236 valence electrons. The molecule has 0 radical (unpaired) electrons. The largest absolute Gasteiger partial charge is 0.310 e. The molecule has 0 saturated heterocycles. The second-order valence-electron chi connectivity index (χ2n) is 14.6. The number of anilines is 3. The van der Waals surface area contributed by atoms with Gasteiger partial charge in [-0.05, 0) is 109 Å². The van der Waals surface area contributed by atoms with E-state index in [-0.39, 0.29) is 10.8 Å². The van der Waals surface area contributed by atoms with Crippen molar-refractivity contribution in [1.29, 1.82) is 0 Å². The fourth-order valence-corrected chi connectivity index (χ4v) is 8.50. The molecule has 1 heteroatoms. The summed E-state index contributed by atoms with van der Waals surface area (Å²) in [5.74, 6) is 0. The molecule has 0 aliphatic heterocycles. The Morgan fingerprint density at radius 3 is 1.65 bits per heavy atom. The first-order valence-corrected chi connectivity index (χ1v) is 17.4. The second kappa shape index (κ2) is 10.9. The molecule has 0 heterocycles. The van der Waals surface area contributed by atoms with Crippen molar-refractivity contribution in [1.82, 2.24) is 0 Å². The molecule has 0 N–H and O–H groups in total. The summed E-state index contributed by atoms with van der Waals surface area (Å²) in [4.78, 5) is 2.39. The molecule has 0 atom stereocenters. The number of hydrogen-bond acceptors (Lipinski definition) is 1. The summed E-state index contributed by atoms with van der Waals surface area (Å²) >= 11 is 0. The number of fused-ring (bicyclic) bond motifs is 6. The minimum atomic E-state index is -0.0602. The smallest absolute Gasteiger partial charge is 0.0465 e. The zero-order valence-electron chi connectivity index (χ0n) is 28.5. The SMILES string of the molecule is CC1(C)c2ccccc2-c2ccc(N(c3ccccc3)c3ccc(-c4ccc5c(c4)-c4c(-c6ccccc6)cccc4C5(C)C)cc3)cc21. The van der Waals surface area contributed by atoms with Crippen molar-refractivity contribution in [3.63, 3.8) is 0 Å². The summed E-state index contributed by atoms with van der Waals surface area (Å²) in [6.45, 7) is 9.42. The lowest BCUT2D eigenvalue weighted by molar-refractivity contribution is 0.660. The summed E-state index contributed by atoms with van der Waals surface area (Å²) in [6.07, 6.45) is 0. The molecule has 1 nitrogen and oxygen atoms in total. The Bertz CT molecular complexity index is 2360. The van der Waals surface area contributed by atoms with Crippen molar-refractivity contribution in [2.45, 2.75) is 38.5 Å². The van der Waals surface area contributed by atoms with Crippen LogP contribution < -0.4 is 4.90 Å². The predicted molar refractivity (Wildman–Crippen MR) is 207 cm³/mol. The van der Waals surface area contributed by atoms with E-state index in [9.17, 15) is 0 Å². The zero-order chi connectivity index (χ0) is 33.3. The van der Waals surface area contributed by atoms with Crippen molar-refractivity contribution in [3.05, 3.63) is 186 Å². The van der Waals surface area contributed by atoms with Crippen LogP contribution in [-0.2, 0) is 10.8 Å². The Labute approximate surface area is 290 Å². The van der Waals surface area contributed by atoms with Crippen LogP contribution in [0, 0.1) is 0 Å². The van der Waals surface area contributed by atoms with Crippen LogP contribution in [0.1, 0.15) is 49.9 Å². The molecule has 2 aliphatic carbocycles. The lowest BCUT2D eigenvalue weighted by atomic mass is 9.81. The normalized spacial score (nSPS) is 14.4. The first-order valence-electron chi connectivity index (χ1n) is 17.4. The van der Waals surface area contributed by atoms with E-state index >= 15 is 0 Å². The molecular weight excluding hydrogens is 591 g/mol. The third kappa shape index (κ3) is 4.53. The van der Waals surface area contributed by atoms with Gasteiger partial charge in [0.2, 0.25) is 0 Å². The predicted octanol–water partition coefficient (Wildman–Crippen LogP) is 13.1. The van der Waals surface area contributed by atoms with Crippen molar-refractivity contribution in [2.24, 2.45) is 0 Å². The number of rotatable bonds is 5. The van der Waals surface area contributed by atoms with Crippen molar-refractivity contribution in [2.75, 3.05) is 4.90 Å². The van der Waals surface area contributed by atoms with Gasteiger partial charge >= 0.3 is 0 Å². The van der Waals surface area contributed by atoms with E-state index in [1.807, 2.05) is 0 Å². The molecule has 0 bridgehead atoms. The minimum Gasteiger partial charge on any atom is -0.310 e. The average molecular weight is 630 g/mol. The van der Waals surface area contributed by atoms with Gasteiger partial charge in [0.05, 0.1) is 0 Å². The highest BCUT2D eigenvalue weighted by Gasteiger charge is 2.37. The first kappa shape index (κ1) is 29.5. The van der Waals surface area contributed by atoms with E-state index in [2.05, 4.69) is 196 Å². The van der Waals surface area contributed by atoms with Crippen LogP contribution in [0.4, 0.5) is 17.1 Å². The molecule has 7 aromatic rings. The summed E-state index contributed by atoms with van der Waals surface area (Å²) in [5.41, 5.74) is 19.3. The zero-order valence-corrected chi connectivity index (χ0v) is 28.5. The second-order valence-corrected chi connectivity index (χ2v) is 14.6. The molecule has 0 fully saturated rings. The van der Waals surface area contributed by atoms with Crippen LogP contribution in [0.2, 0.25) is 0 Å². The molecule has 49 heavy (non-hydrogen) atoms. The van der Waals surface area contributed by atoms with Crippen molar-refractivity contribution < 1.29 is 0 Å². The molecular formula is C48H39N. The molecule has 0 amide bonds. The van der Waals surface area contributed by atoms with E-state index in [4.69, 9.17) is 0 Å². The van der Waals surface area contributed by atoms with E-state index < -0.39 is 0 Å². The van der Waals surface area contributed by atoms with Crippen LogP contribution in [0.3, 0.4) is 0 Å². The standard InChI is InChI=1S/C48H39N/c1-47(2)43-29-24-34(30-41(43)46-38(19-13-21-44(46)47)33-14-7-5-8-15-33)32-22-25-36(26-23-32)49(35-16-9-6-10-17-35)37-27-28-40-39-18-11-12-20-42(39)48(3,4)45(40)31-37/h5-31H,1-4H3. The Morgan fingerprint density at radius 1 is 0.327 bits per heavy atom. The third-order valence-corrected chi connectivity index (χ3v) is 11.1. The van der Waals surface area contributed by atoms with E-state index in [1.165, 1.54) is 72.4 Å². The molecule has 9 rings (SSSR count). The molecule has 0 aromatic heterocycles. The molecule has 7 aromatic carbocycles. The van der Waals surface area contributed by atoms with Crippen LogP contribution >= 0.6 is 0 Å². The summed E-state index contributed by atoms with van der Waals surface area (Å²) in [6, 6.07) is 60.4. The maximum Gasteiger partial charge on any atom is 0.0465 e. The van der Waals surface area contributed by atoms with E-state index in [0.717, 1.165) is 11.4 Å². The van der Waals surface area contributed by atoms with Gasteiger partial charge in [0.25, 0.3) is 0 Å². The molecule has 0 unspecified atom stereocenters. The molecule has 0 spiro atoms. The van der Waals surface area contributed by atoms with Gasteiger partial charge in [-0.25, -0.2) is 0 Å². The van der Waals surface area contributed by atoms with Crippen molar-refractivity contribution in [3.8, 4) is 44.5 Å². The highest BCUT2D eigenvalue weighted by atomic mass is 15.1. The maximum absolute atomic E-state index is 2.42. The molecule has 0 saturated carbocycles. The van der Waals surface area contributed by atoms with Gasteiger partial charge in [-0.15, -0.1) is 0 Å². The summed E-state index contributed by atoms with van der Waals surface area (Å²) in [5, 5.41) is 0. The van der Waals surface area contributed by atoms with E-state index in [0.29, 0.717) is 0 Å². The van der Waals surface area contributed by atoms with E-state index in [1.54, 1.807) is 0 Å². The lowest BCUT2D eigenvalue weighted by Gasteiger charge is -2.28. The molecule has 2 aliphatic rings. The van der Waals surface area contributed by atoms with Gasteiger partial charge in [-0.2, -0.15) is 0 Å². The van der Waals surface area contributed by atoms with Gasteiger partial charge in [0.15, 0.2) is 0 Å². The van der Waals surface area contributed by atoms with Crippen LogP contribution in [0.25, 0.3) is 44.5 Å². The van der Waals surface area contributed by atoms with Crippen LogP contribution in [0.15, 0.2) is 164 Å². The fourth-order valence-electron chi connectivity index (χ4n) is 8.50. The van der Waals surface area contributed by atoms with Gasteiger partial charge in [-0.1, -0.05) is 149 Å². The Balaban J connectivity index is 1.12. The highest BCUT2D eigenvalue weighted by Crippen LogP contribution is 2.53. The van der Waals surface area contributed by atoms with Crippen LogP contribution in [0.5, 0.6) is 0 Å². The lowest BCUT2D eigenvalue weighted by Crippen LogP contribution is -2.16.